The molecule has 24 heavy (non-hydrogen) atoms. The normalized spacial score (nSPS) is 32.8. The fraction of sp³-hybridized carbons (Fsp3) is 0.286. The summed E-state index contributed by atoms with van der Waals surface area (Å²) >= 11 is 0. The number of ether oxygens (including phenoxy) is 1. The molecule has 1 heterocycles. The SMILES string of the molecule is C1=C[C@H]2C[C@@H]1[C@H]1[C@@H]2OC(Nc2ccccc2)=N[C@H]1c1ccccc1. The fourth-order valence-corrected chi connectivity index (χ4v) is 4.42. The Morgan fingerprint density at radius 3 is 2.38 bits per heavy atom. The number of nitrogens with zero attached hydrogens (tertiary/aromatic N) is 1. The van der Waals surface area contributed by atoms with Crippen LogP contribution in [0, 0.1) is 17.8 Å². The van der Waals surface area contributed by atoms with Gasteiger partial charge in [0.2, 0.25) is 0 Å². The first-order valence-electron chi connectivity index (χ1n) is 8.68. The van der Waals surface area contributed by atoms with E-state index in [2.05, 4.69) is 47.8 Å². The molecule has 3 heteroatoms. The van der Waals surface area contributed by atoms with Gasteiger partial charge in [0.25, 0.3) is 6.02 Å². The maximum absolute atomic E-state index is 6.29. The van der Waals surface area contributed by atoms with Crippen molar-refractivity contribution in [1.29, 1.82) is 0 Å². The van der Waals surface area contributed by atoms with Gasteiger partial charge >= 0.3 is 0 Å². The lowest BCUT2D eigenvalue weighted by atomic mass is 9.81. The smallest absolute Gasteiger partial charge is 0.290 e. The Labute approximate surface area is 142 Å². The Kier molecular flexibility index (Phi) is 3.18. The third-order valence-corrected chi connectivity index (χ3v) is 5.48. The summed E-state index contributed by atoms with van der Waals surface area (Å²) in [5.41, 5.74) is 2.30. The highest BCUT2D eigenvalue weighted by Crippen LogP contribution is 2.53. The van der Waals surface area contributed by atoms with E-state index in [4.69, 9.17) is 9.73 Å². The summed E-state index contributed by atoms with van der Waals surface area (Å²) in [4.78, 5) is 4.96. The topological polar surface area (TPSA) is 33.6 Å². The van der Waals surface area contributed by atoms with Gasteiger partial charge in [0.15, 0.2) is 0 Å². The van der Waals surface area contributed by atoms with Gasteiger partial charge in [0, 0.05) is 17.5 Å². The number of para-hydroxylation sites is 1. The highest BCUT2D eigenvalue weighted by Gasteiger charge is 2.52. The van der Waals surface area contributed by atoms with Gasteiger partial charge in [-0.1, -0.05) is 60.7 Å². The molecule has 5 atom stereocenters. The second-order valence-corrected chi connectivity index (χ2v) is 6.89. The lowest BCUT2D eigenvalue weighted by molar-refractivity contribution is 0.0750. The van der Waals surface area contributed by atoms with Gasteiger partial charge in [-0.05, 0) is 30.0 Å². The van der Waals surface area contributed by atoms with Crippen LogP contribution in [-0.2, 0) is 4.74 Å². The summed E-state index contributed by atoms with van der Waals surface area (Å²) in [5, 5.41) is 3.36. The molecule has 0 aromatic heterocycles. The molecule has 0 unspecified atom stereocenters. The predicted octanol–water partition coefficient (Wildman–Crippen LogP) is 4.42. The number of nitrogens with one attached hydrogen (secondary N) is 1. The molecule has 2 aromatic rings. The minimum absolute atomic E-state index is 0.163. The van der Waals surface area contributed by atoms with Gasteiger partial charge in [0.05, 0.1) is 6.04 Å². The second-order valence-electron chi connectivity index (χ2n) is 6.89. The van der Waals surface area contributed by atoms with Crippen LogP contribution >= 0.6 is 0 Å². The van der Waals surface area contributed by atoms with Crippen molar-refractivity contribution in [2.75, 3.05) is 5.32 Å². The number of anilines is 1. The summed E-state index contributed by atoms with van der Waals surface area (Å²) in [5.74, 6) is 1.56. The summed E-state index contributed by atoms with van der Waals surface area (Å²) in [6.45, 7) is 0. The van der Waals surface area contributed by atoms with Crippen molar-refractivity contribution >= 4 is 11.7 Å². The highest BCUT2D eigenvalue weighted by atomic mass is 16.5. The maximum atomic E-state index is 6.29. The van der Waals surface area contributed by atoms with Crippen LogP contribution in [0.15, 0.2) is 77.8 Å². The van der Waals surface area contributed by atoms with E-state index in [1.807, 2.05) is 30.3 Å². The van der Waals surface area contributed by atoms with Gasteiger partial charge in [-0.3, -0.25) is 0 Å². The molecule has 1 fully saturated rings. The molecule has 1 aliphatic heterocycles. The number of benzene rings is 2. The standard InChI is InChI=1S/C21H20N2O/c1-3-7-14(8-4-1)19-18-15-11-12-16(13-15)20(18)24-21(23-19)22-17-9-5-2-6-10-17/h1-12,15-16,18-20H,13H2,(H,22,23)/t15-,16+,18-,19+,20-/m1/s1. The molecule has 3 aliphatic rings. The fourth-order valence-electron chi connectivity index (χ4n) is 4.42. The van der Waals surface area contributed by atoms with Crippen LogP contribution in [0.4, 0.5) is 5.69 Å². The molecule has 0 spiro atoms. The van der Waals surface area contributed by atoms with Crippen LogP contribution in [-0.4, -0.2) is 12.1 Å². The van der Waals surface area contributed by atoms with Crippen LogP contribution in [0.2, 0.25) is 0 Å². The lowest BCUT2D eigenvalue weighted by Crippen LogP contribution is -2.40. The molecule has 0 amide bonds. The Morgan fingerprint density at radius 1 is 0.875 bits per heavy atom. The first kappa shape index (κ1) is 13.8. The maximum Gasteiger partial charge on any atom is 0.290 e. The molecule has 1 N–H and O–H groups in total. The van der Waals surface area contributed by atoms with Gasteiger partial charge in [0.1, 0.15) is 6.10 Å². The van der Waals surface area contributed by atoms with Crippen molar-refractivity contribution in [3.8, 4) is 0 Å². The summed E-state index contributed by atoms with van der Waals surface area (Å²) in [6.07, 6.45) is 6.14. The zero-order valence-electron chi connectivity index (χ0n) is 13.4. The predicted molar refractivity (Wildman–Crippen MR) is 95.8 cm³/mol. The van der Waals surface area contributed by atoms with E-state index in [1.165, 1.54) is 12.0 Å². The molecule has 3 nitrogen and oxygen atoms in total. The van der Waals surface area contributed by atoms with E-state index in [0.29, 0.717) is 23.8 Å². The molecule has 0 saturated heterocycles. The third kappa shape index (κ3) is 2.23. The molecule has 5 rings (SSSR count). The number of amidine groups is 1. The number of hydrogen-bond acceptors (Lipinski definition) is 3. The summed E-state index contributed by atoms with van der Waals surface area (Å²) < 4.78 is 6.29. The number of allylic oxidation sites excluding steroid dienone is 1. The Bertz CT molecular complexity index is 784. The van der Waals surface area contributed by atoms with E-state index >= 15 is 0 Å². The lowest BCUT2D eigenvalue weighted by Gasteiger charge is -2.37. The van der Waals surface area contributed by atoms with Gasteiger partial charge in [-0.15, -0.1) is 0 Å². The molecular formula is C21H20N2O. The van der Waals surface area contributed by atoms with Crippen molar-refractivity contribution in [1.82, 2.24) is 0 Å². The molecule has 0 radical (unpaired) electrons. The minimum atomic E-state index is 0.163. The molecular weight excluding hydrogens is 296 g/mol. The van der Waals surface area contributed by atoms with Gasteiger partial charge < -0.3 is 10.1 Å². The Balaban J connectivity index is 1.51. The first-order chi connectivity index (χ1) is 11.9. The van der Waals surface area contributed by atoms with Crippen molar-refractivity contribution in [3.05, 3.63) is 78.4 Å². The Morgan fingerprint density at radius 2 is 1.58 bits per heavy atom. The number of hydrogen-bond donors (Lipinski definition) is 1. The van der Waals surface area contributed by atoms with Gasteiger partial charge in [-0.25, -0.2) is 4.99 Å². The van der Waals surface area contributed by atoms with Crippen LogP contribution < -0.4 is 5.32 Å². The van der Waals surface area contributed by atoms with E-state index in [1.54, 1.807) is 0 Å². The zero-order chi connectivity index (χ0) is 15.9. The number of aliphatic imine (C=N–C) groups is 1. The van der Waals surface area contributed by atoms with Crippen LogP contribution in [0.25, 0.3) is 0 Å². The third-order valence-electron chi connectivity index (χ3n) is 5.48. The largest absolute Gasteiger partial charge is 0.461 e. The minimum Gasteiger partial charge on any atom is -0.461 e. The van der Waals surface area contributed by atoms with Crippen LogP contribution in [0.3, 0.4) is 0 Å². The highest BCUT2D eigenvalue weighted by molar-refractivity contribution is 5.89. The Hall–Kier alpha value is -2.55. The molecule has 2 aromatic carbocycles. The van der Waals surface area contributed by atoms with Gasteiger partial charge in [-0.2, -0.15) is 0 Å². The summed E-state index contributed by atoms with van der Waals surface area (Å²) in [7, 11) is 0. The average Bonchev–Trinajstić information content (AvgIpc) is 3.25. The van der Waals surface area contributed by atoms with Crippen molar-refractivity contribution in [2.45, 2.75) is 18.6 Å². The van der Waals surface area contributed by atoms with E-state index < -0.39 is 0 Å². The van der Waals surface area contributed by atoms with Crippen molar-refractivity contribution in [2.24, 2.45) is 22.7 Å². The quantitative estimate of drug-likeness (QED) is 0.832. The average molecular weight is 316 g/mol. The monoisotopic (exact) mass is 316 g/mol. The number of fused-ring (bicyclic) bond motifs is 5. The summed E-state index contributed by atoms with van der Waals surface area (Å²) in [6, 6.07) is 21.6. The van der Waals surface area contributed by atoms with Crippen LogP contribution in [0.5, 0.6) is 0 Å². The van der Waals surface area contributed by atoms with Crippen molar-refractivity contribution in [3.63, 3.8) is 0 Å². The molecule has 2 aliphatic carbocycles. The first-order valence-corrected chi connectivity index (χ1v) is 8.68. The van der Waals surface area contributed by atoms with E-state index in [-0.39, 0.29) is 12.1 Å². The molecule has 1 saturated carbocycles. The molecule has 120 valence electrons. The second kappa shape index (κ2) is 5.52. The number of rotatable bonds is 2. The van der Waals surface area contributed by atoms with Crippen LogP contribution in [0.1, 0.15) is 18.0 Å². The molecule has 2 bridgehead atoms. The van der Waals surface area contributed by atoms with E-state index in [9.17, 15) is 0 Å². The van der Waals surface area contributed by atoms with E-state index in [0.717, 1.165) is 5.69 Å². The van der Waals surface area contributed by atoms with Crippen molar-refractivity contribution < 1.29 is 4.74 Å². The zero-order valence-corrected chi connectivity index (χ0v) is 13.4.